The van der Waals surface area contributed by atoms with Crippen molar-refractivity contribution in [2.45, 2.75) is 44.0 Å². The van der Waals surface area contributed by atoms with E-state index in [1.165, 1.54) is 6.26 Å². The van der Waals surface area contributed by atoms with Gasteiger partial charge in [-0.25, -0.2) is 8.42 Å². The van der Waals surface area contributed by atoms with Crippen LogP contribution in [0.2, 0.25) is 0 Å². The summed E-state index contributed by atoms with van der Waals surface area (Å²) in [5.41, 5.74) is 0. The van der Waals surface area contributed by atoms with Gasteiger partial charge in [-0.3, -0.25) is 0 Å². The Bertz CT molecular complexity index is 240. The third kappa shape index (κ3) is 2.45. The molecule has 1 fully saturated rings. The number of sulfone groups is 1. The normalized spacial score (nSPS) is 30.3. The van der Waals surface area contributed by atoms with Crippen molar-refractivity contribution in [3.05, 3.63) is 0 Å². The topological polar surface area (TPSA) is 46.2 Å². The molecular weight excluding hydrogens is 174 g/mol. The van der Waals surface area contributed by atoms with E-state index in [0.29, 0.717) is 12.1 Å². The third-order valence-electron chi connectivity index (χ3n) is 2.27. The largest absolute Gasteiger partial charge is 0.312 e. The zero-order chi connectivity index (χ0) is 9.35. The molecule has 0 amide bonds. The highest BCUT2D eigenvalue weighted by molar-refractivity contribution is 7.91. The smallest absolute Gasteiger partial charge is 0.150 e. The maximum atomic E-state index is 11.0. The van der Waals surface area contributed by atoms with Crippen LogP contribution in [0.1, 0.15) is 26.7 Å². The van der Waals surface area contributed by atoms with Crippen molar-refractivity contribution in [2.75, 3.05) is 6.26 Å². The average molecular weight is 191 g/mol. The van der Waals surface area contributed by atoms with Gasteiger partial charge in [-0.1, -0.05) is 13.8 Å². The van der Waals surface area contributed by atoms with Crippen molar-refractivity contribution < 1.29 is 8.42 Å². The van der Waals surface area contributed by atoms with Crippen LogP contribution in [0.5, 0.6) is 0 Å². The van der Waals surface area contributed by atoms with Gasteiger partial charge in [0.05, 0.1) is 5.25 Å². The highest BCUT2D eigenvalue weighted by Gasteiger charge is 2.35. The van der Waals surface area contributed by atoms with E-state index in [1.807, 2.05) is 0 Å². The van der Waals surface area contributed by atoms with Crippen LogP contribution < -0.4 is 5.32 Å². The summed E-state index contributed by atoms with van der Waals surface area (Å²) in [4.78, 5) is 0. The van der Waals surface area contributed by atoms with Crippen LogP contribution in [0.25, 0.3) is 0 Å². The first-order valence-corrected chi connectivity index (χ1v) is 6.30. The molecule has 0 saturated heterocycles. The Balaban J connectivity index is 2.30. The van der Waals surface area contributed by atoms with Gasteiger partial charge in [0.25, 0.3) is 0 Å². The molecule has 0 aromatic heterocycles. The molecule has 4 heteroatoms. The lowest BCUT2D eigenvalue weighted by Gasteiger charge is -2.35. The summed E-state index contributed by atoms with van der Waals surface area (Å²) < 4.78 is 22.0. The minimum Gasteiger partial charge on any atom is -0.312 e. The van der Waals surface area contributed by atoms with Crippen LogP contribution in [-0.2, 0) is 9.84 Å². The van der Waals surface area contributed by atoms with Gasteiger partial charge in [-0.2, -0.15) is 0 Å². The van der Waals surface area contributed by atoms with E-state index in [2.05, 4.69) is 19.2 Å². The molecule has 0 aromatic carbocycles. The molecule has 0 heterocycles. The van der Waals surface area contributed by atoms with E-state index >= 15 is 0 Å². The van der Waals surface area contributed by atoms with Gasteiger partial charge in [-0.05, 0) is 12.8 Å². The molecule has 0 bridgehead atoms. The molecular formula is C8H17NO2S. The Kier molecular flexibility index (Phi) is 2.78. The number of hydrogen-bond donors (Lipinski definition) is 1. The monoisotopic (exact) mass is 191 g/mol. The highest BCUT2D eigenvalue weighted by Crippen LogP contribution is 2.26. The average Bonchev–Trinajstić information content (AvgIpc) is 1.73. The van der Waals surface area contributed by atoms with E-state index in [1.54, 1.807) is 0 Å². The predicted octanol–water partition coefficient (Wildman–Crippen LogP) is 0.560. The quantitative estimate of drug-likeness (QED) is 0.709. The van der Waals surface area contributed by atoms with Gasteiger partial charge in [0, 0.05) is 18.3 Å². The Morgan fingerprint density at radius 3 is 2.17 bits per heavy atom. The summed E-state index contributed by atoms with van der Waals surface area (Å²) in [6.45, 7) is 4.15. The maximum Gasteiger partial charge on any atom is 0.150 e. The first-order chi connectivity index (χ1) is 5.39. The van der Waals surface area contributed by atoms with Gasteiger partial charge in [0.15, 0.2) is 0 Å². The van der Waals surface area contributed by atoms with Gasteiger partial charge in [0.2, 0.25) is 0 Å². The van der Waals surface area contributed by atoms with Crippen molar-refractivity contribution in [3.8, 4) is 0 Å². The van der Waals surface area contributed by atoms with E-state index < -0.39 is 9.84 Å². The summed E-state index contributed by atoms with van der Waals surface area (Å²) in [6, 6.07) is 0.875. The molecule has 1 rings (SSSR count). The van der Waals surface area contributed by atoms with Gasteiger partial charge in [-0.15, -0.1) is 0 Å². The molecule has 0 atom stereocenters. The van der Waals surface area contributed by atoms with Crippen molar-refractivity contribution in [2.24, 2.45) is 0 Å². The van der Waals surface area contributed by atoms with Gasteiger partial charge in [0.1, 0.15) is 9.84 Å². The van der Waals surface area contributed by atoms with E-state index in [-0.39, 0.29) is 5.25 Å². The lowest BCUT2D eigenvalue weighted by Crippen LogP contribution is -2.49. The Labute approximate surface area is 74.5 Å². The number of hydrogen-bond acceptors (Lipinski definition) is 3. The SMILES string of the molecule is CC(C)N[C@H]1C[C@@H](S(C)(=O)=O)C1. The lowest BCUT2D eigenvalue weighted by molar-refractivity contribution is 0.319. The molecule has 0 aromatic rings. The molecule has 1 saturated carbocycles. The fourth-order valence-electron chi connectivity index (χ4n) is 1.52. The zero-order valence-electron chi connectivity index (χ0n) is 7.87. The number of nitrogens with one attached hydrogen (secondary N) is 1. The first-order valence-electron chi connectivity index (χ1n) is 4.34. The predicted molar refractivity (Wildman–Crippen MR) is 49.9 cm³/mol. The molecule has 1 N–H and O–H groups in total. The van der Waals surface area contributed by atoms with Gasteiger partial charge < -0.3 is 5.32 Å². The zero-order valence-corrected chi connectivity index (χ0v) is 8.69. The molecule has 1 aliphatic rings. The second-order valence-electron chi connectivity index (χ2n) is 3.94. The molecule has 72 valence electrons. The molecule has 0 radical (unpaired) electrons. The van der Waals surface area contributed by atoms with Crippen LogP contribution in [0.4, 0.5) is 0 Å². The summed E-state index contributed by atoms with van der Waals surface area (Å²) in [5.74, 6) is 0. The second-order valence-corrected chi connectivity index (χ2v) is 6.27. The van der Waals surface area contributed by atoms with Gasteiger partial charge >= 0.3 is 0 Å². The van der Waals surface area contributed by atoms with Crippen molar-refractivity contribution in [1.82, 2.24) is 5.32 Å². The third-order valence-corrected chi connectivity index (χ3v) is 3.87. The molecule has 0 unspecified atom stereocenters. The Morgan fingerprint density at radius 1 is 1.33 bits per heavy atom. The van der Waals surface area contributed by atoms with Crippen LogP contribution in [0.3, 0.4) is 0 Å². The molecule has 3 nitrogen and oxygen atoms in total. The maximum absolute atomic E-state index is 11.0. The molecule has 1 aliphatic carbocycles. The Morgan fingerprint density at radius 2 is 1.83 bits per heavy atom. The molecule has 12 heavy (non-hydrogen) atoms. The minimum absolute atomic E-state index is 0.0891. The second kappa shape index (κ2) is 3.34. The summed E-state index contributed by atoms with van der Waals surface area (Å²) in [7, 11) is -2.77. The summed E-state index contributed by atoms with van der Waals surface area (Å²) >= 11 is 0. The summed E-state index contributed by atoms with van der Waals surface area (Å²) in [6.07, 6.45) is 2.90. The van der Waals surface area contributed by atoms with Crippen molar-refractivity contribution in [1.29, 1.82) is 0 Å². The minimum atomic E-state index is -2.77. The summed E-state index contributed by atoms with van der Waals surface area (Å²) in [5, 5.41) is 3.23. The lowest BCUT2D eigenvalue weighted by atomic mass is 9.92. The van der Waals surface area contributed by atoms with Crippen LogP contribution >= 0.6 is 0 Å². The standard InChI is InChI=1S/C8H17NO2S/c1-6(2)9-7-4-8(5-7)12(3,10)11/h6-9H,4-5H2,1-3H3/t7-,8+. The molecule has 0 aliphatic heterocycles. The van der Waals surface area contributed by atoms with Crippen LogP contribution in [0, 0.1) is 0 Å². The fourth-order valence-corrected chi connectivity index (χ4v) is 2.69. The van der Waals surface area contributed by atoms with E-state index in [0.717, 1.165) is 12.8 Å². The molecule has 0 spiro atoms. The Hall–Kier alpha value is -0.0900. The first kappa shape index (κ1) is 9.99. The van der Waals surface area contributed by atoms with E-state index in [9.17, 15) is 8.42 Å². The highest BCUT2D eigenvalue weighted by atomic mass is 32.2. The van der Waals surface area contributed by atoms with Crippen LogP contribution in [0.15, 0.2) is 0 Å². The number of rotatable bonds is 3. The van der Waals surface area contributed by atoms with Crippen LogP contribution in [-0.4, -0.2) is 32.0 Å². The van der Waals surface area contributed by atoms with Crippen molar-refractivity contribution >= 4 is 9.84 Å². The fraction of sp³-hybridized carbons (Fsp3) is 1.00. The van der Waals surface area contributed by atoms with Crippen molar-refractivity contribution in [3.63, 3.8) is 0 Å². The van der Waals surface area contributed by atoms with E-state index in [4.69, 9.17) is 0 Å².